The molecule has 110 valence electrons. The van der Waals surface area contributed by atoms with Gasteiger partial charge in [-0.1, -0.05) is 6.92 Å². The summed E-state index contributed by atoms with van der Waals surface area (Å²) in [6.45, 7) is 7.81. The summed E-state index contributed by atoms with van der Waals surface area (Å²) >= 11 is 0. The molecule has 20 heavy (non-hydrogen) atoms. The standard InChI is InChI=1S/C12H20N6O2/c1-3-16-4-5-17(8-9(16)2)12-7-10(18(19)20)6-11(14-12)15-13/h6-7,9H,3-5,8,13H2,1-2H3,(H,14,15). The van der Waals surface area contributed by atoms with Gasteiger partial charge in [-0.2, -0.15) is 0 Å². The van der Waals surface area contributed by atoms with E-state index >= 15 is 0 Å². The van der Waals surface area contributed by atoms with E-state index in [0.717, 1.165) is 26.2 Å². The van der Waals surface area contributed by atoms with E-state index in [1.165, 1.54) is 12.1 Å². The first kappa shape index (κ1) is 14.5. The van der Waals surface area contributed by atoms with Crippen LogP contribution in [0.4, 0.5) is 17.3 Å². The monoisotopic (exact) mass is 280 g/mol. The zero-order chi connectivity index (χ0) is 14.7. The molecule has 1 saturated heterocycles. The molecule has 8 nitrogen and oxygen atoms in total. The molecule has 1 aliphatic rings. The third-order valence-corrected chi connectivity index (χ3v) is 3.65. The van der Waals surface area contributed by atoms with Gasteiger partial charge in [-0.05, 0) is 13.5 Å². The van der Waals surface area contributed by atoms with Crippen LogP contribution in [0.5, 0.6) is 0 Å². The Morgan fingerprint density at radius 1 is 1.55 bits per heavy atom. The molecule has 1 unspecified atom stereocenters. The van der Waals surface area contributed by atoms with Crippen molar-refractivity contribution >= 4 is 17.3 Å². The van der Waals surface area contributed by atoms with Crippen molar-refractivity contribution in [1.82, 2.24) is 9.88 Å². The number of piperazine rings is 1. The number of nitrogens with one attached hydrogen (secondary N) is 1. The Balaban J connectivity index is 2.24. The van der Waals surface area contributed by atoms with Crippen LogP contribution >= 0.6 is 0 Å². The van der Waals surface area contributed by atoms with Crippen molar-refractivity contribution in [3.05, 3.63) is 22.2 Å². The van der Waals surface area contributed by atoms with Gasteiger partial charge in [-0.25, -0.2) is 10.8 Å². The molecule has 0 aliphatic carbocycles. The van der Waals surface area contributed by atoms with Crippen LogP contribution in [0.1, 0.15) is 13.8 Å². The van der Waals surface area contributed by atoms with Crippen molar-refractivity contribution in [2.45, 2.75) is 19.9 Å². The lowest BCUT2D eigenvalue weighted by Gasteiger charge is -2.39. The zero-order valence-corrected chi connectivity index (χ0v) is 11.7. The van der Waals surface area contributed by atoms with E-state index in [4.69, 9.17) is 5.84 Å². The average Bonchev–Trinajstić information content (AvgIpc) is 2.46. The van der Waals surface area contributed by atoms with Crippen molar-refractivity contribution in [1.29, 1.82) is 0 Å². The molecule has 2 heterocycles. The lowest BCUT2D eigenvalue weighted by molar-refractivity contribution is -0.384. The van der Waals surface area contributed by atoms with E-state index in [-0.39, 0.29) is 5.69 Å². The Labute approximate surface area is 117 Å². The molecule has 0 spiro atoms. The van der Waals surface area contributed by atoms with Crippen molar-refractivity contribution in [3.63, 3.8) is 0 Å². The van der Waals surface area contributed by atoms with Gasteiger partial charge in [0, 0.05) is 25.7 Å². The fourth-order valence-electron chi connectivity index (χ4n) is 2.52. The Morgan fingerprint density at radius 3 is 2.85 bits per heavy atom. The summed E-state index contributed by atoms with van der Waals surface area (Å²) in [5.74, 6) is 6.22. The molecule has 0 aromatic carbocycles. The molecule has 1 aromatic rings. The maximum atomic E-state index is 10.9. The van der Waals surface area contributed by atoms with Crippen LogP contribution in [0.3, 0.4) is 0 Å². The molecule has 8 heteroatoms. The Hall–Kier alpha value is -1.93. The van der Waals surface area contributed by atoms with Gasteiger partial charge in [0.1, 0.15) is 11.6 Å². The number of nitrogen functional groups attached to an aromatic ring is 1. The van der Waals surface area contributed by atoms with E-state index in [9.17, 15) is 10.1 Å². The third kappa shape index (κ3) is 2.97. The van der Waals surface area contributed by atoms with Crippen LogP contribution in [0.2, 0.25) is 0 Å². The Kier molecular flexibility index (Phi) is 4.35. The van der Waals surface area contributed by atoms with Crippen LogP contribution < -0.4 is 16.2 Å². The highest BCUT2D eigenvalue weighted by atomic mass is 16.6. The minimum atomic E-state index is -0.433. The summed E-state index contributed by atoms with van der Waals surface area (Å²) in [5.41, 5.74) is 2.37. The second-order valence-corrected chi connectivity index (χ2v) is 4.89. The second kappa shape index (κ2) is 6.02. The average molecular weight is 280 g/mol. The number of rotatable bonds is 4. The van der Waals surface area contributed by atoms with E-state index in [1.807, 2.05) is 0 Å². The molecule has 1 atom stereocenters. The highest BCUT2D eigenvalue weighted by molar-refractivity contribution is 5.55. The topological polar surface area (TPSA) is 101 Å². The maximum Gasteiger partial charge on any atom is 0.276 e. The number of nitro groups is 1. The van der Waals surface area contributed by atoms with E-state index in [2.05, 4.69) is 34.1 Å². The summed E-state index contributed by atoms with van der Waals surface area (Å²) in [5, 5.41) is 10.9. The van der Waals surface area contributed by atoms with Crippen LogP contribution in [0.25, 0.3) is 0 Å². The van der Waals surface area contributed by atoms with Crippen molar-refractivity contribution < 1.29 is 4.92 Å². The number of likely N-dealkylation sites (N-methyl/N-ethyl adjacent to an activating group) is 1. The second-order valence-electron chi connectivity index (χ2n) is 4.89. The predicted molar refractivity (Wildman–Crippen MR) is 77.6 cm³/mol. The summed E-state index contributed by atoms with van der Waals surface area (Å²) in [4.78, 5) is 19.3. The van der Waals surface area contributed by atoms with Gasteiger partial charge in [-0.3, -0.25) is 15.0 Å². The lowest BCUT2D eigenvalue weighted by atomic mass is 10.2. The Bertz CT molecular complexity index is 495. The molecular formula is C12H20N6O2. The summed E-state index contributed by atoms with van der Waals surface area (Å²) < 4.78 is 0. The van der Waals surface area contributed by atoms with Gasteiger partial charge >= 0.3 is 0 Å². The minimum Gasteiger partial charge on any atom is -0.353 e. The van der Waals surface area contributed by atoms with Crippen LogP contribution in [0, 0.1) is 10.1 Å². The predicted octanol–water partition coefficient (Wildman–Crippen LogP) is 0.806. The smallest absolute Gasteiger partial charge is 0.276 e. The molecular weight excluding hydrogens is 260 g/mol. The maximum absolute atomic E-state index is 10.9. The van der Waals surface area contributed by atoms with Gasteiger partial charge in [0.2, 0.25) is 0 Å². The van der Waals surface area contributed by atoms with Gasteiger partial charge in [0.15, 0.2) is 0 Å². The molecule has 2 rings (SSSR count). The molecule has 0 amide bonds. The highest BCUT2D eigenvalue weighted by Gasteiger charge is 2.24. The molecule has 1 aromatic heterocycles. The van der Waals surface area contributed by atoms with Crippen molar-refractivity contribution in [3.8, 4) is 0 Å². The summed E-state index contributed by atoms with van der Waals surface area (Å²) in [6.07, 6.45) is 0. The number of hydrogen-bond donors (Lipinski definition) is 2. The number of pyridine rings is 1. The number of hydrogen-bond acceptors (Lipinski definition) is 7. The van der Waals surface area contributed by atoms with Crippen LogP contribution in [-0.4, -0.2) is 47.0 Å². The van der Waals surface area contributed by atoms with Gasteiger partial charge in [0.05, 0.1) is 17.1 Å². The number of anilines is 2. The van der Waals surface area contributed by atoms with Gasteiger partial charge < -0.3 is 10.3 Å². The SMILES string of the molecule is CCN1CCN(c2cc([N+](=O)[O-])cc(NN)n2)CC1C. The fraction of sp³-hybridized carbons (Fsp3) is 0.583. The van der Waals surface area contributed by atoms with E-state index < -0.39 is 4.92 Å². The molecule has 0 radical (unpaired) electrons. The highest BCUT2D eigenvalue weighted by Crippen LogP contribution is 2.24. The van der Waals surface area contributed by atoms with E-state index in [1.54, 1.807) is 0 Å². The van der Waals surface area contributed by atoms with Crippen molar-refractivity contribution in [2.24, 2.45) is 5.84 Å². The van der Waals surface area contributed by atoms with Crippen LogP contribution in [-0.2, 0) is 0 Å². The molecule has 0 saturated carbocycles. The van der Waals surface area contributed by atoms with Crippen LogP contribution in [0.15, 0.2) is 12.1 Å². The summed E-state index contributed by atoms with van der Waals surface area (Å²) in [6, 6.07) is 3.22. The summed E-state index contributed by atoms with van der Waals surface area (Å²) in [7, 11) is 0. The number of aromatic nitrogens is 1. The first-order valence-electron chi connectivity index (χ1n) is 6.67. The molecule has 1 fully saturated rings. The molecule has 1 aliphatic heterocycles. The fourth-order valence-corrected chi connectivity index (χ4v) is 2.52. The number of nitrogens with zero attached hydrogens (tertiary/aromatic N) is 4. The van der Waals surface area contributed by atoms with Crippen molar-refractivity contribution in [2.75, 3.05) is 36.5 Å². The quantitative estimate of drug-likeness (QED) is 0.478. The van der Waals surface area contributed by atoms with E-state index in [0.29, 0.717) is 17.7 Å². The van der Waals surface area contributed by atoms with Gasteiger partial charge in [0.25, 0.3) is 5.69 Å². The third-order valence-electron chi connectivity index (χ3n) is 3.65. The number of hydrazine groups is 1. The largest absolute Gasteiger partial charge is 0.353 e. The lowest BCUT2D eigenvalue weighted by Crippen LogP contribution is -2.52. The molecule has 3 N–H and O–H groups in total. The normalized spacial score (nSPS) is 19.9. The minimum absolute atomic E-state index is 0.00600. The molecule has 0 bridgehead atoms. The first-order chi connectivity index (χ1) is 9.55. The first-order valence-corrected chi connectivity index (χ1v) is 6.67. The zero-order valence-electron chi connectivity index (χ0n) is 11.7. The number of nitrogens with two attached hydrogens (primary N) is 1. The van der Waals surface area contributed by atoms with Gasteiger partial charge in [-0.15, -0.1) is 0 Å². The Morgan fingerprint density at radius 2 is 2.30 bits per heavy atom.